The summed E-state index contributed by atoms with van der Waals surface area (Å²) in [5.74, 6) is 0.0201. The van der Waals surface area contributed by atoms with E-state index in [-0.39, 0.29) is 21.8 Å². The van der Waals surface area contributed by atoms with Gasteiger partial charge in [0.1, 0.15) is 5.02 Å². The minimum atomic E-state index is -2.63. The Kier molecular flexibility index (Phi) is 4.07. The number of pyridine rings is 1. The zero-order chi connectivity index (χ0) is 10.7. The molecule has 0 bridgehead atoms. The molecule has 1 aromatic rings. The van der Waals surface area contributed by atoms with Gasteiger partial charge in [0.25, 0.3) is 6.43 Å². The number of hydrogen-bond acceptors (Lipinski definition) is 2. The van der Waals surface area contributed by atoms with E-state index in [1.54, 1.807) is 0 Å². The molecule has 0 saturated heterocycles. The molecular weight excluding hydrogens is 279 g/mol. The molecule has 0 unspecified atom stereocenters. The predicted molar refractivity (Wildman–Crippen MR) is 53.4 cm³/mol. The SMILES string of the molecule is COc1ncc(CBr)c(C(F)F)c1Cl. The third-order valence-corrected chi connectivity index (χ3v) is 2.63. The Bertz CT molecular complexity index is 335. The van der Waals surface area contributed by atoms with Gasteiger partial charge in [0.2, 0.25) is 5.88 Å². The van der Waals surface area contributed by atoms with Crippen molar-refractivity contribution in [3.05, 3.63) is 22.3 Å². The quantitative estimate of drug-likeness (QED) is 0.792. The molecule has 0 aliphatic rings. The molecule has 0 saturated carbocycles. The molecule has 6 heteroatoms. The van der Waals surface area contributed by atoms with Crippen LogP contribution in [0.3, 0.4) is 0 Å². The summed E-state index contributed by atoms with van der Waals surface area (Å²) >= 11 is 8.78. The number of rotatable bonds is 3. The van der Waals surface area contributed by atoms with Crippen molar-refractivity contribution in [3.8, 4) is 5.88 Å². The smallest absolute Gasteiger partial charge is 0.265 e. The summed E-state index contributed by atoms with van der Waals surface area (Å²) in [5, 5.41) is 0.156. The number of nitrogens with zero attached hydrogens (tertiary/aromatic N) is 1. The van der Waals surface area contributed by atoms with E-state index in [2.05, 4.69) is 20.9 Å². The highest BCUT2D eigenvalue weighted by atomic mass is 79.9. The third kappa shape index (κ3) is 2.15. The number of hydrogen-bond donors (Lipinski definition) is 0. The first-order valence-corrected chi connectivity index (χ1v) is 5.17. The Hall–Kier alpha value is -0.420. The minimum Gasteiger partial charge on any atom is -0.480 e. The van der Waals surface area contributed by atoms with Crippen molar-refractivity contribution < 1.29 is 13.5 Å². The average molecular weight is 287 g/mol. The molecule has 1 rings (SSSR count). The molecular formula is C8H7BrClF2NO. The van der Waals surface area contributed by atoms with Gasteiger partial charge in [-0.1, -0.05) is 27.5 Å². The Labute approximate surface area is 93.4 Å². The lowest BCUT2D eigenvalue weighted by Gasteiger charge is -2.10. The summed E-state index contributed by atoms with van der Waals surface area (Å²) in [4.78, 5) is 3.79. The van der Waals surface area contributed by atoms with Crippen molar-refractivity contribution in [2.75, 3.05) is 7.11 Å². The number of methoxy groups -OCH3 is 1. The number of aromatic nitrogens is 1. The van der Waals surface area contributed by atoms with Crippen LogP contribution in [0, 0.1) is 0 Å². The molecule has 0 aliphatic heterocycles. The summed E-state index contributed by atoms with van der Waals surface area (Å²) in [7, 11) is 1.33. The van der Waals surface area contributed by atoms with Gasteiger partial charge in [-0.15, -0.1) is 0 Å². The standard InChI is InChI=1S/C8H7BrClF2NO/c1-14-8-6(10)5(7(11)12)4(2-9)3-13-8/h3,7H,2H2,1H3. The van der Waals surface area contributed by atoms with E-state index in [1.807, 2.05) is 0 Å². The van der Waals surface area contributed by atoms with Crippen molar-refractivity contribution in [2.45, 2.75) is 11.8 Å². The van der Waals surface area contributed by atoms with Crippen LogP contribution in [0.15, 0.2) is 6.20 Å². The van der Waals surface area contributed by atoms with Crippen molar-refractivity contribution >= 4 is 27.5 Å². The summed E-state index contributed by atoms with van der Waals surface area (Å²) in [6.45, 7) is 0. The maximum Gasteiger partial charge on any atom is 0.265 e. The van der Waals surface area contributed by atoms with E-state index in [1.165, 1.54) is 13.3 Å². The van der Waals surface area contributed by atoms with E-state index >= 15 is 0 Å². The summed E-state index contributed by atoms with van der Waals surface area (Å²) in [6.07, 6.45) is -1.31. The number of ether oxygens (including phenoxy) is 1. The van der Waals surface area contributed by atoms with Crippen LogP contribution < -0.4 is 4.74 Å². The second kappa shape index (κ2) is 4.89. The summed E-state index contributed by atoms with van der Waals surface area (Å²) in [5.41, 5.74) is 0.140. The molecule has 14 heavy (non-hydrogen) atoms. The van der Waals surface area contributed by atoms with Crippen LogP contribution in [-0.4, -0.2) is 12.1 Å². The van der Waals surface area contributed by atoms with Crippen molar-refractivity contribution in [2.24, 2.45) is 0 Å². The monoisotopic (exact) mass is 285 g/mol. The predicted octanol–water partition coefficient (Wildman–Crippen LogP) is 3.58. The highest BCUT2D eigenvalue weighted by Gasteiger charge is 2.20. The molecule has 2 nitrogen and oxygen atoms in total. The van der Waals surface area contributed by atoms with Crippen molar-refractivity contribution in [3.63, 3.8) is 0 Å². The molecule has 0 radical (unpaired) electrons. The van der Waals surface area contributed by atoms with Gasteiger partial charge in [0.05, 0.1) is 7.11 Å². The molecule has 0 N–H and O–H groups in total. The van der Waals surface area contributed by atoms with Gasteiger partial charge in [-0.25, -0.2) is 13.8 Å². The van der Waals surface area contributed by atoms with E-state index in [9.17, 15) is 8.78 Å². The number of halogens is 4. The second-order valence-electron chi connectivity index (χ2n) is 2.45. The highest BCUT2D eigenvalue weighted by Crippen LogP contribution is 2.35. The third-order valence-electron chi connectivity index (χ3n) is 1.66. The van der Waals surface area contributed by atoms with Gasteiger partial charge in [-0.3, -0.25) is 0 Å². The highest BCUT2D eigenvalue weighted by molar-refractivity contribution is 9.08. The van der Waals surface area contributed by atoms with Crippen LogP contribution in [-0.2, 0) is 5.33 Å². The second-order valence-corrected chi connectivity index (χ2v) is 3.39. The molecule has 78 valence electrons. The molecule has 0 amide bonds. The lowest BCUT2D eigenvalue weighted by Crippen LogP contribution is -1.99. The molecule has 0 aliphatic carbocycles. The van der Waals surface area contributed by atoms with E-state index < -0.39 is 6.43 Å². The van der Waals surface area contributed by atoms with Gasteiger partial charge in [-0.05, 0) is 5.56 Å². The largest absolute Gasteiger partial charge is 0.480 e. The van der Waals surface area contributed by atoms with Crippen LogP contribution >= 0.6 is 27.5 Å². The van der Waals surface area contributed by atoms with Crippen LogP contribution in [0.1, 0.15) is 17.6 Å². The maximum atomic E-state index is 12.6. The zero-order valence-electron chi connectivity index (χ0n) is 7.23. The van der Waals surface area contributed by atoms with Crippen LogP contribution in [0.2, 0.25) is 5.02 Å². The Balaban J connectivity index is 3.31. The Morgan fingerprint density at radius 1 is 1.64 bits per heavy atom. The summed E-state index contributed by atoms with van der Waals surface area (Å²) in [6, 6.07) is 0. The summed E-state index contributed by atoms with van der Waals surface area (Å²) < 4.78 is 29.9. The minimum absolute atomic E-state index is 0.0201. The molecule has 0 fully saturated rings. The van der Waals surface area contributed by atoms with Gasteiger partial charge < -0.3 is 4.74 Å². The zero-order valence-corrected chi connectivity index (χ0v) is 9.57. The molecule has 0 aromatic carbocycles. The van der Waals surface area contributed by atoms with Gasteiger partial charge in [0.15, 0.2) is 0 Å². The lowest BCUT2D eigenvalue weighted by molar-refractivity contribution is 0.150. The Morgan fingerprint density at radius 2 is 2.29 bits per heavy atom. The van der Waals surface area contributed by atoms with Gasteiger partial charge in [0, 0.05) is 17.1 Å². The van der Waals surface area contributed by atoms with E-state index in [0.717, 1.165) is 0 Å². The number of alkyl halides is 3. The van der Waals surface area contributed by atoms with E-state index in [4.69, 9.17) is 16.3 Å². The molecule has 1 aromatic heterocycles. The van der Waals surface area contributed by atoms with Gasteiger partial charge >= 0.3 is 0 Å². The fourth-order valence-corrected chi connectivity index (χ4v) is 1.78. The van der Waals surface area contributed by atoms with Crippen LogP contribution in [0.5, 0.6) is 5.88 Å². The van der Waals surface area contributed by atoms with Crippen LogP contribution in [0.25, 0.3) is 0 Å². The van der Waals surface area contributed by atoms with E-state index in [0.29, 0.717) is 5.56 Å². The first-order valence-electron chi connectivity index (χ1n) is 3.67. The van der Waals surface area contributed by atoms with Gasteiger partial charge in [-0.2, -0.15) is 0 Å². The normalized spacial score (nSPS) is 10.7. The lowest BCUT2D eigenvalue weighted by atomic mass is 10.1. The van der Waals surface area contributed by atoms with Crippen LogP contribution in [0.4, 0.5) is 8.78 Å². The van der Waals surface area contributed by atoms with Crippen molar-refractivity contribution in [1.29, 1.82) is 0 Å². The molecule has 0 atom stereocenters. The fraction of sp³-hybridized carbons (Fsp3) is 0.375. The molecule has 1 heterocycles. The average Bonchev–Trinajstić information content (AvgIpc) is 2.16. The first kappa shape index (κ1) is 11.7. The topological polar surface area (TPSA) is 22.1 Å². The van der Waals surface area contributed by atoms with Crippen molar-refractivity contribution in [1.82, 2.24) is 4.98 Å². The Morgan fingerprint density at radius 3 is 2.71 bits per heavy atom. The first-order chi connectivity index (χ1) is 6.61. The fourth-order valence-electron chi connectivity index (χ4n) is 1.00. The maximum absolute atomic E-state index is 12.6. The molecule has 0 spiro atoms.